The van der Waals surface area contributed by atoms with E-state index in [0.29, 0.717) is 0 Å². The number of hydrogen-bond acceptors (Lipinski definition) is 3. The van der Waals surface area contributed by atoms with Crippen molar-refractivity contribution in [2.45, 2.75) is 19.2 Å². The van der Waals surface area contributed by atoms with Crippen LogP contribution in [0.15, 0.2) is 30.3 Å². The van der Waals surface area contributed by atoms with Crippen LogP contribution in [-0.4, -0.2) is 16.5 Å². The van der Waals surface area contributed by atoms with E-state index < -0.39 is 19.1 Å². The van der Waals surface area contributed by atoms with Gasteiger partial charge < -0.3 is 9.63 Å². The van der Waals surface area contributed by atoms with Gasteiger partial charge in [0, 0.05) is 0 Å². The molecule has 0 spiro atoms. The summed E-state index contributed by atoms with van der Waals surface area (Å²) in [4.78, 5) is 20.3. The normalized spacial score (nSPS) is 16.2. The number of nitrogens with two attached hydrogens (primary N) is 1. The highest BCUT2D eigenvalue weighted by Gasteiger charge is 2.30. The van der Waals surface area contributed by atoms with E-state index in [1.807, 2.05) is 18.2 Å². The Bertz CT molecular complexity index is 401. The average Bonchev–Trinajstić information content (AvgIpc) is 2.25. The van der Waals surface area contributed by atoms with Gasteiger partial charge in [-0.15, -0.1) is 0 Å². The molecule has 0 radical (unpaired) electrons. The maximum absolute atomic E-state index is 11.3. The van der Waals surface area contributed by atoms with Crippen LogP contribution in [0.5, 0.6) is 0 Å². The third-order valence-corrected chi connectivity index (χ3v) is 3.44. The molecule has 2 unspecified atom stereocenters. The first-order valence-electron chi connectivity index (χ1n) is 4.73. The molecule has 0 saturated heterocycles. The van der Waals surface area contributed by atoms with Gasteiger partial charge in [-0.25, -0.2) is 0 Å². The van der Waals surface area contributed by atoms with Crippen LogP contribution in [0, 0.1) is 0 Å². The van der Waals surface area contributed by atoms with Gasteiger partial charge in [0.05, 0.1) is 0 Å². The smallest absolute Gasteiger partial charge is 0.320 e. The van der Waals surface area contributed by atoms with E-state index in [0.717, 1.165) is 5.56 Å². The molecule has 1 rings (SSSR count). The number of hydrogen-bond donors (Lipinski definition) is 2. The van der Waals surface area contributed by atoms with E-state index in [1.165, 1.54) is 6.92 Å². The molecule has 0 aliphatic carbocycles. The van der Waals surface area contributed by atoms with Gasteiger partial charge in [-0.2, -0.15) is 0 Å². The van der Waals surface area contributed by atoms with Gasteiger partial charge in [0.25, 0.3) is 7.52 Å². The molecule has 1 aromatic rings. The number of rotatable bonds is 4. The minimum absolute atomic E-state index is 0.0734. The van der Waals surface area contributed by atoms with Crippen molar-refractivity contribution in [3.8, 4) is 0 Å². The van der Waals surface area contributed by atoms with Crippen LogP contribution in [0.4, 0.5) is 0 Å². The summed E-state index contributed by atoms with van der Waals surface area (Å²) in [5, 5.41) is 0. The summed E-state index contributed by atoms with van der Waals surface area (Å²) in [6.07, 6.45) is 0. The molecule has 0 bridgehead atoms. The van der Waals surface area contributed by atoms with Crippen molar-refractivity contribution >= 4 is 13.5 Å². The molecule has 1 aromatic carbocycles. The van der Waals surface area contributed by atoms with Crippen molar-refractivity contribution in [2.75, 3.05) is 0 Å². The Morgan fingerprint density at radius 2 is 2.06 bits per heavy atom. The average molecular weight is 243 g/mol. The van der Waals surface area contributed by atoms with Gasteiger partial charge in [-0.1, -0.05) is 30.3 Å². The predicted molar refractivity (Wildman–Crippen MR) is 59.7 cm³/mol. The maximum atomic E-state index is 11.3. The van der Waals surface area contributed by atoms with Gasteiger partial charge >= 0.3 is 5.97 Å². The topological polar surface area (TPSA) is 89.6 Å². The maximum Gasteiger partial charge on any atom is 0.320 e. The highest BCUT2D eigenvalue weighted by atomic mass is 31.2. The Kier molecular flexibility index (Phi) is 4.24. The van der Waals surface area contributed by atoms with Gasteiger partial charge in [-0.05, 0) is 12.5 Å². The highest BCUT2D eigenvalue weighted by molar-refractivity contribution is 7.57. The number of carbonyl (C=O) groups is 1. The lowest BCUT2D eigenvalue weighted by molar-refractivity contribution is -0.144. The molecule has 2 atom stereocenters. The van der Waals surface area contributed by atoms with Crippen molar-refractivity contribution in [2.24, 2.45) is 5.50 Å². The van der Waals surface area contributed by atoms with Crippen LogP contribution >= 0.6 is 7.52 Å². The third-order valence-electron chi connectivity index (χ3n) is 2.12. The number of esters is 1. The Balaban J connectivity index is 2.51. The minimum Gasteiger partial charge on any atom is -0.460 e. The number of carbonyl (C=O) groups excluding carboxylic acids is 1. The molecule has 0 amide bonds. The zero-order valence-electron chi connectivity index (χ0n) is 8.87. The molecule has 6 heteroatoms. The molecule has 0 aromatic heterocycles. The SMILES string of the molecule is CC(C(=O)OCc1ccccc1)P(N)(=O)O. The molecule has 5 nitrogen and oxygen atoms in total. The first-order chi connectivity index (χ1) is 7.41. The summed E-state index contributed by atoms with van der Waals surface area (Å²) in [6.45, 7) is 1.35. The third kappa shape index (κ3) is 3.77. The van der Waals surface area contributed by atoms with E-state index in [1.54, 1.807) is 12.1 Å². The fourth-order valence-electron chi connectivity index (χ4n) is 1.00. The first kappa shape index (κ1) is 12.9. The van der Waals surface area contributed by atoms with Crippen LogP contribution in [0.2, 0.25) is 0 Å². The molecule has 0 aliphatic heterocycles. The summed E-state index contributed by atoms with van der Waals surface area (Å²) in [5.41, 5.74) is 4.57. The van der Waals surface area contributed by atoms with Crippen molar-refractivity contribution in [3.05, 3.63) is 35.9 Å². The predicted octanol–water partition coefficient (Wildman–Crippen LogP) is 1.26. The summed E-state index contributed by atoms with van der Waals surface area (Å²) in [5.74, 6) is -0.766. The monoisotopic (exact) mass is 243 g/mol. The fraction of sp³-hybridized carbons (Fsp3) is 0.300. The summed E-state index contributed by atoms with van der Waals surface area (Å²) in [7, 11) is -3.91. The second kappa shape index (κ2) is 5.25. The van der Waals surface area contributed by atoms with Crippen molar-refractivity contribution < 1.29 is 19.0 Å². The Hall–Kier alpha value is -1.16. The molecule has 0 fully saturated rings. The van der Waals surface area contributed by atoms with Gasteiger partial charge in [0.15, 0.2) is 0 Å². The van der Waals surface area contributed by atoms with E-state index in [9.17, 15) is 9.36 Å². The van der Waals surface area contributed by atoms with E-state index in [2.05, 4.69) is 0 Å². The van der Waals surface area contributed by atoms with Crippen LogP contribution in [0.1, 0.15) is 12.5 Å². The van der Waals surface area contributed by atoms with Crippen LogP contribution in [-0.2, 0) is 20.7 Å². The largest absolute Gasteiger partial charge is 0.460 e. The highest BCUT2D eigenvalue weighted by Crippen LogP contribution is 2.37. The molecule has 0 aliphatic rings. The zero-order chi connectivity index (χ0) is 12.2. The Morgan fingerprint density at radius 3 is 2.56 bits per heavy atom. The summed E-state index contributed by atoms with van der Waals surface area (Å²) in [6, 6.07) is 9.05. The summed E-state index contributed by atoms with van der Waals surface area (Å²) >= 11 is 0. The second-order valence-electron chi connectivity index (χ2n) is 3.44. The standard InChI is InChI=1S/C10H14NO4P/c1-8(16(11,13)14)10(12)15-7-9-5-3-2-4-6-9/h2-6,8H,7H2,1H3,(H3,11,13,14). The van der Waals surface area contributed by atoms with Gasteiger partial charge in [0.2, 0.25) is 0 Å². The molecule has 3 N–H and O–H groups in total. The molecule has 16 heavy (non-hydrogen) atoms. The molecular weight excluding hydrogens is 229 g/mol. The van der Waals surface area contributed by atoms with E-state index in [-0.39, 0.29) is 6.61 Å². The lowest BCUT2D eigenvalue weighted by Gasteiger charge is -2.13. The summed E-state index contributed by atoms with van der Waals surface area (Å²) < 4.78 is 15.9. The van der Waals surface area contributed by atoms with Crippen molar-refractivity contribution in [1.82, 2.24) is 0 Å². The van der Waals surface area contributed by atoms with Crippen LogP contribution in [0.25, 0.3) is 0 Å². The van der Waals surface area contributed by atoms with Crippen LogP contribution in [0.3, 0.4) is 0 Å². The first-order valence-corrected chi connectivity index (χ1v) is 6.52. The van der Waals surface area contributed by atoms with Crippen molar-refractivity contribution in [1.29, 1.82) is 0 Å². The Labute approximate surface area is 93.7 Å². The van der Waals surface area contributed by atoms with E-state index >= 15 is 0 Å². The Morgan fingerprint density at radius 1 is 1.50 bits per heavy atom. The lowest BCUT2D eigenvalue weighted by Crippen LogP contribution is -2.23. The number of ether oxygens (including phenoxy) is 1. The molecule has 0 heterocycles. The molecule has 0 saturated carbocycles. The van der Waals surface area contributed by atoms with Crippen molar-refractivity contribution in [3.63, 3.8) is 0 Å². The quantitative estimate of drug-likeness (QED) is 0.613. The molecule has 88 valence electrons. The number of benzene rings is 1. The molecular formula is C10H14NO4P. The van der Waals surface area contributed by atoms with Crippen LogP contribution < -0.4 is 5.50 Å². The minimum atomic E-state index is -3.91. The lowest BCUT2D eigenvalue weighted by atomic mass is 10.2. The van der Waals surface area contributed by atoms with Gasteiger partial charge in [-0.3, -0.25) is 14.9 Å². The van der Waals surface area contributed by atoms with Gasteiger partial charge in [0.1, 0.15) is 12.3 Å². The second-order valence-corrected chi connectivity index (χ2v) is 5.56. The zero-order valence-corrected chi connectivity index (χ0v) is 9.76. The van der Waals surface area contributed by atoms with E-state index in [4.69, 9.17) is 15.1 Å². The fourth-order valence-corrected chi connectivity index (χ4v) is 1.38.